The monoisotopic (exact) mass is 397 g/mol. The molecule has 1 saturated carbocycles. The molecule has 1 aromatic rings. The van der Waals surface area contributed by atoms with Crippen LogP contribution in [0.3, 0.4) is 0 Å². The maximum atomic E-state index is 14.0. The smallest absolute Gasteiger partial charge is 0.307 e. The molecule has 156 valence electrons. The molecular weight excluding hydrogens is 366 g/mol. The van der Waals surface area contributed by atoms with Crippen molar-refractivity contribution in [3.63, 3.8) is 0 Å². The second-order valence-corrected chi connectivity index (χ2v) is 9.43. The largest absolute Gasteiger partial charge is 0.481 e. The van der Waals surface area contributed by atoms with Gasteiger partial charge in [0, 0.05) is 12.6 Å². The van der Waals surface area contributed by atoms with Gasteiger partial charge in [-0.3, -0.25) is 9.59 Å². The van der Waals surface area contributed by atoms with Crippen molar-refractivity contribution in [3.05, 3.63) is 48.0 Å². The van der Waals surface area contributed by atoms with Gasteiger partial charge in [0.25, 0.3) is 0 Å². The lowest BCUT2D eigenvalue weighted by molar-refractivity contribution is -0.157. The fourth-order valence-electron chi connectivity index (χ4n) is 5.68. The van der Waals surface area contributed by atoms with Crippen LogP contribution in [-0.2, 0) is 14.3 Å². The summed E-state index contributed by atoms with van der Waals surface area (Å²) in [6, 6.07) is 9.97. The Morgan fingerprint density at radius 3 is 2.41 bits per heavy atom. The summed E-state index contributed by atoms with van der Waals surface area (Å²) in [4.78, 5) is 28.0. The van der Waals surface area contributed by atoms with Crippen LogP contribution in [0.25, 0.3) is 0 Å². The molecule has 1 amide bonds. The zero-order valence-corrected chi connectivity index (χ0v) is 17.5. The van der Waals surface area contributed by atoms with E-state index in [9.17, 15) is 14.7 Å². The summed E-state index contributed by atoms with van der Waals surface area (Å²) in [6.07, 6.45) is 6.37. The Hall–Kier alpha value is -2.14. The Kier molecular flexibility index (Phi) is 5.28. The summed E-state index contributed by atoms with van der Waals surface area (Å²) in [7, 11) is 0. The first-order valence-corrected chi connectivity index (χ1v) is 10.7. The van der Waals surface area contributed by atoms with Gasteiger partial charge >= 0.3 is 5.97 Å². The third-order valence-corrected chi connectivity index (χ3v) is 7.05. The zero-order chi connectivity index (χ0) is 20.8. The van der Waals surface area contributed by atoms with E-state index >= 15 is 0 Å². The van der Waals surface area contributed by atoms with Crippen LogP contribution in [-0.4, -0.2) is 40.1 Å². The lowest BCUT2D eigenvalue weighted by Gasteiger charge is -2.45. The van der Waals surface area contributed by atoms with Gasteiger partial charge in [-0.1, -0.05) is 42.5 Å². The van der Waals surface area contributed by atoms with Gasteiger partial charge in [-0.05, 0) is 57.4 Å². The number of amides is 1. The van der Waals surface area contributed by atoms with Gasteiger partial charge in [-0.15, -0.1) is 0 Å². The highest BCUT2D eigenvalue weighted by Gasteiger charge is 2.54. The quantitative estimate of drug-likeness (QED) is 0.761. The number of carbonyl (C=O) groups is 2. The van der Waals surface area contributed by atoms with Crippen LogP contribution >= 0.6 is 0 Å². The minimum absolute atomic E-state index is 0.00620. The average molecular weight is 398 g/mol. The van der Waals surface area contributed by atoms with E-state index in [1.165, 1.54) is 0 Å². The average Bonchev–Trinajstić information content (AvgIpc) is 3.29. The van der Waals surface area contributed by atoms with Crippen LogP contribution < -0.4 is 0 Å². The predicted octanol–water partition coefficient (Wildman–Crippen LogP) is 4.06. The predicted molar refractivity (Wildman–Crippen MR) is 110 cm³/mol. The summed E-state index contributed by atoms with van der Waals surface area (Å²) in [5.41, 5.74) is 0.786. The highest BCUT2D eigenvalue weighted by atomic mass is 16.5. The Morgan fingerprint density at radius 2 is 1.79 bits per heavy atom. The van der Waals surface area contributed by atoms with Crippen LogP contribution in [0.15, 0.2) is 42.5 Å². The maximum absolute atomic E-state index is 14.0. The molecule has 1 N–H and O–H groups in total. The summed E-state index contributed by atoms with van der Waals surface area (Å²) in [5.74, 6) is -1.93. The molecule has 1 heterocycles. The van der Waals surface area contributed by atoms with E-state index in [-0.39, 0.29) is 35.4 Å². The van der Waals surface area contributed by atoms with Crippen LogP contribution in [0.4, 0.5) is 0 Å². The molecule has 0 aromatic heterocycles. The summed E-state index contributed by atoms with van der Waals surface area (Å²) in [5, 5.41) is 9.86. The van der Waals surface area contributed by atoms with Crippen molar-refractivity contribution in [1.29, 1.82) is 0 Å². The Bertz CT molecular complexity index is 802. The van der Waals surface area contributed by atoms with Gasteiger partial charge < -0.3 is 14.7 Å². The van der Waals surface area contributed by atoms with Gasteiger partial charge in [-0.2, -0.15) is 0 Å². The Morgan fingerprint density at radius 1 is 1.14 bits per heavy atom. The first-order valence-electron chi connectivity index (χ1n) is 10.7. The Labute approximate surface area is 172 Å². The maximum Gasteiger partial charge on any atom is 0.307 e. The minimum atomic E-state index is -0.847. The molecule has 1 saturated heterocycles. The number of carbonyl (C=O) groups excluding carboxylic acids is 1. The second kappa shape index (κ2) is 7.60. The number of allylic oxidation sites excluding steroid dienone is 2. The lowest BCUT2D eigenvalue weighted by Crippen LogP contribution is -2.53. The zero-order valence-electron chi connectivity index (χ0n) is 17.5. The topological polar surface area (TPSA) is 66.8 Å². The molecule has 0 unspecified atom stereocenters. The van der Waals surface area contributed by atoms with E-state index in [0.717, 1.165) is 24.8 Å². The molecule has 6 atom stereocenters. The molecule has 4 rings (SSSR count). The van der Waals surface area contributed by atoms with Gasteiger partial charge in [-0.25, -0.2) is 0 Å². The molecule has 2 aliphatic carbocycles. The number of ether oxygens (including phenoxy) is 1. The number of fused-ring (bicyclic) bond motifs is 2. The first-order chi connectivity index (χ1) is 13.8. The third-order valence-electron chi connectivity index (χ3n) is 7.05. The minimum Gasteiger partial charge on any atom is -0.481 e. The van der Waals surface area contributed by atoms with Crippen molar-refractivity contribution < 1.29 is 19.4 Å². The van der Waals surface area contributed by atoms with E-state index < -0.39 is 17.8 Å². The van der Waals surface area contributed by atoms with Crippen LogP contribution in [0.5, 0.6) is 0 Å². The standard InChI is InChI=1S/C24H31NO4/c1-15(16-7-5-4-6-8-16)25(19-11-12-29-24(2,3)14-19)22(26)20-17-9-10-18(13-17)21(20)23(27)28/h4-10,15,17-21H,11-14H2,1-3H3,(H,27,28)/t15-,17+,18+,19+,20-,21+/m0/s1. The molecule has 5 nitrogen and oxygen atoms in total. The number of nitrogens with zero attached hydrogens (tertiary/aromatic N) is 1. The number of hydrogen-bond donors (Lipinski definition) is 1. The summed E-state index contributed by atoms with van der Waals surface area (Å²) in [6.45, 7) is 6.81. The molecule has 0 spiro atoms. The lowest BCUT2D eigenvalue weighted by atomic mass is 9.80. The highest BCUT2D eigenvalue weighted by molar-refractivity contribution is 5.87. The molecule has 3 aliphatic rings. The second-order valence-electron chi connectivity index (χ2n) is 9.43. The molecule has 5 heteroatoms. The number of rotatable bonds is 5. The molecule has 2 bridgehead atoms. The fraction of sp³-hybridized carbons (Fsp3) is 0.583. The Balaban J connectivity index is 1.69. The number of carboxylic acids is 1. The van der Waals surface area contributed by atoms with E-state index in [1.54, 1.807) is 0 Å². The van der Waals surface area contributed by atoms with Crippen LogP contribution in [0.2, 0.25) is 0 Å². The van der Waals surface area contributed by atoms with Crippen molar-refractivity contribution in [2.45, 2.75) is 57.7 Å². The van der Waals surface area contributed by atoms with E-state index in [2.05, 4.69) is 26.8 Å². The first kappa shape index (κ1) is 20.1. The van der Waals surface area contributed by atoms with E-state index in [0.29, 0.717) is 6.61 Å². The van der Waals surface area contributed by atoms with Crippen molar-refractivity contribution in [2.75, 3.05) is 6.61 Å². The summed E-state index contributed by atoms with van der Waals surface area (Å²) >= 11 is 0. The molecule has 0 radical (unpaired) electrons. The molecule has 29 heavy (non-hydrogen) atoms. The summed E-state index contributed by atoms with van der Waals surface area (Å²) < 4.78 is 5.90. The SMILES string of the molecule is C[C@@H](c1ccccc1)N(C(=O)[C@@H]1[C@H](C(=O)O)[C@@H]2C=C[C@@H]1C2)[C@@H]1CCOC(C)(C)C1. The molecule has 1 aliphatic heterocycles. The van der Waals surface area contributed by atoms with Crippen LogP contribution in [0.1, 0.15) is 51.6 Å². The van der Waals surface area contributed by atoms with E-state index in [1.807, 2.05) is 41.3 Å². The van der Waals surface area contributed by atoms with Gasteiger partial charge in [0.15, 0.2) is 0 Å². The van der Waals surface area contributed by atoms with Crippen molar-refractivity contribution in [1.82, 2.24) is 4.90 Å². The van der Waals surface area contributed by atoms with Crippen molar-refractivity contribution in [2.24, 2.45) is 23.7 Å². The number of aliphatic carboxylic acids is 1. The number of carboxylic acid groups (broad SMARTS) is 1. The van der Waals surface area contributed by atoms with Crippen LogP contribution in [0, 0.1) is 23.7 Å². The molecular formula is C24H31NO4. The highest BCUT2D eigenvalue weighted by Crippen LogP contribution is 2.50. The molecule has 1 aromatic carbocycles. The fourth-order valence-corrected chi connectivity index (χ4v) is 5.68. The van der Waals surface area contributed by atoms with Gasteiger partial charge in [0.2, 0.25) is 5.91 Å². The number of hydrogen-bond acceptors (Lipinski definition) is 3. The van der Waals surface area contributed by atoms with Gasteiger partial charge in [0.05, 0.1) is 23.5 Å². The van der Waals surface area contributed by atoms with Crippen molar-refractivity contribution >= 4 is 11.9 Å². The third kappa shape index (κ3) is 3.73. The molecule has 2 fully saturated rings. The number of benzene rings is 1. The van der Waals surface area contributed by atoms with Crippen molar-refractivity contribution in [3.8, 4) is 0 Å². The normalized spacial score (nSPS) is 33.4. The van der Waals surface area contributed by atoms with Gasteiger partial charge in [0.1, 0.15) is 0 Å². The van der Waals surface area contributed by atoms with E-state index in [4.69, 9.17) is 4.74 Å².